The topological polar surface area (TPSA) is 69.4 Å². The second-order valence-corrected chi connectivity index (χ2v) is 6.46. The highest BCUT2D eigenvalue weighted by Gasteiger charge is 2.20. The van der Waals surface area contributed by atoms with Crippen LogP contribution in [0, 0.1) is 10.1 Å². The number of methoxy groups -OCH3 is 1. The number of carbonyl (C=O) groups excluding carboxylic acids is 1. The van der Waals surface area contributed by atoms with E-state index in [1.54, 1.807) is 18.2 Å². The molecule has 132 valence electrons. The van der Waals surface area contributed by atoms with Crippen molar-refractivity contribution < 1.29 is 14.5 Å². The average molecular weight is 390 g/mol. The smallest absolute Gasteiger partial charge is 0.272 e. The Balaban J connectivity index is 2.36. The minimum Gasteiger partial charge on any atom is -0.496 e. The largest absolute Gasteiger partial charge is 0.496 e. The van der Waals surface area contributed by atoms with Gasteiger partial charge in [0.2, 0.25) is 0 Å². The Kier molecular flexibility index (Phi) is 4.85. The summed E-state index contributed by atoms with van der Waals surface area (Å²) in [7, 11) is 1.50. The van der Waals surface area contributed by atoms with Crippen LogP contribution in [0.4, 0.5) is 5.69 Å². The first-order valence-electron chi connectivity index (χ1n) is 7.59. The van der Waals surface area contributed by atoms with Crippen LogP contribution in [0.15, 0.2) is 42.5 Å². The molecule has 7 heteroatoms. The molecule has 0 saturated carbocycles. The zero-order valence-corrected chi connectivity index (χ0v) is 15.4. The maximum Gasteiger partial charge on any atom is 0.272 e. The lowest BCUT2D eigenvalue weighted by Crippen LogP contribution is -1.99. The van der Waals surface area contributed by atoms with Gasteiger partial charge in [-0.3, -0.25) is 14.9 Å². The van der Waals surface area contributed by atoms with Gasteiger partial charge in [0.05, 0.1) is 27.6 Å². The van der Waals surface area contributed by atoms with Crippen LogP contribution in [-0.4, -0.2) is 17.8 Å². The molecular formula is C19H13Cl2NO4. The third kappa shape index (κ3) is 3.00. The molecule has 3 aromatic carbocycles. The van der Waals surface area contributed by atoms with Crippen LogP contribution in [0.25, 0.3) is 21.9 Å². The van der Waals surface area contributed by atoms with Crippen molar-refractivity contribution in [3.05, 3.63) is 68.2 Å². The molecule has 0 saturated heterocycles. The fourth-order valence-electron chi connectivity index (χ4n) is 3.01. The summed E-state index contributed by atoms with van der Waals surface area (Å²) in [6.45, 7) is 1.47. The number of hydrogen-bond acceptors (Lipinski definition) is 4. The van der Waals surface area contributed by atoms with Crippen molar-refractivity contribution in [3.63, 3.8) is 0 Å². The van der Waals surface area contributed by atoms with Crippen LogP contribution in [0.2, 0.25) is 10.0 Å². The summed E-state index contributed by atoms with van der Waals surface area (Å²) in [4.78, 5) is 22.6. The molecule has 0 radical (unpaired) electrons. The Morgan fingerprint density at radius 3 is 2.27 bits per heavy atom. The van der Waals surface area contributed by atoms with Crippen molar-refractivity contribution in [3.8, 4) is 16.9 Å². The van der Waals surface area contributed by atoms with E-state index in [-0.39, 0.29) is 21.5 Å². The number of nitro groups is 1. The maximum absolute atomic E-state index is 12.1. The quantitative estimate of drug-likeness (QED) is 0.314. The molecule has 0 aliphatic heterocycles. The monoisotopic (exact) mass is 389 g/mol. The molecule has 0 N–H and O–H groups in total. The number of nitrogens with zero attached hydrogens (tertiary/aromatic N) is 1. The normalized spacial score (nSPS) is 10.8. The second kappa shape index (κ2) is 6.94. The molecule has 0 bridgehead atoms. The van der Waals surface area contributed by atoms with Gasteiger partial charge in [-0.05, 0) is 29.3 Å². The molecule has 0 amide bonds. The summed E-state index contributed by atoms with van der Waals surface area (Å²) < 4.78 is 5.30. The second-order valence-electron chi connectivity index (χ2n) is 5.64. The fourth-order valence-corrected chi connectivity index (χ4v) is 3.69. The number of ether oxygens (including phenoxy) is 1. The molecule has 0 atom stereocenters. The third-order valence-electron chi connectivity index (χ3n) is 4.10. The maximum atomic E-state index is 12.1. The van der Waals surface area contributed by atoms with E-state index in [4.69, 9.17) is 27.9 Å². The van der Waals surface area contributed by atoms with E-state index in [9.17, 15) is 14.9 Å². The first kappa shape index (κ1) is 18.2. The highest BCUT2D eigenvalue weighted by molar-refractivity contribution is 6.40. The molecular weight excluding hydrogens is 377 g/mol. The number of fused-ring (bicyclic) bond motifs is 1. The van der Waals surface area contributed by atoms with Crippen LogP contribution in [0.3, 0.4) is 0 Å². The number of carbonyl (C=O) groups is 1. The number of halogens is 2. The van der Waals surface area contributed by atoms with Crippen LogP contribution in [0.5, 0.6) is 5.75 Å². The van der Waals surface area contributed by atoms with E-state index in [2.05, 4.69) is 0 Å². The summed E-state index contributed by atoms with van der Waals surface area (Å²) in [6, 6.07) is 11.4. The zero-order chi connectivity index (χ0) is 19.0. The van der Waals surface area contributed by atoms with Crippen LogP contribution < -0.4 is 4.74 Å². The van der Waals surface area contributed by atoms with Gasteiger partial charge in [0.15, 0.2) is 5.78 Å². The van der Waals surface area contributed by atoms with Gasteiger partial charge in [0.1, 0.15) is 5.75 Å². The Morgan fingerprint density at radius 1 is 1.08 bits per heavy atom. The fraction of sp³-hybridized carbons (Fsp3) is 0.105. The highest BCUT2D eigenvalue weighted by Crippen LogP contribution is 2.42. The molecule has 0 spiro atoms. The number of ketones is 1. The van der Waals surface area contributed by atoms with Crippen LogP contribution in [0.1, 0.15) is 17.3 Å². The number of Topliss-reactive ketones (excluding diaryl/α,β-unsaturated/α-hetero) is 1. The lowest BCUT2D eigenvalue weighted by Gasteiger charge is -2.14. The van der Waals surface area contributed by atoms with Gasteiger partial charge in [0, 0.05) is 17.7 Å². The van der Waals surface area contributed by atoms with E-state index in [1.165, 1.54) is 26.2 Å². The van der Waals surface area contributed by atoms with Gasteiger partial charge in [-0.15, -0.1) is 0 Å². The van der Waals surface area contributed by atoms with E-state index in [0.29, 0.717) is 27.8 Å². The molecule has 26 heavy (non-hydrogen) atoms. The molecule has 5 nitrogen and oxygen atoms in total. The minimum absolute atomic E-state index is 0.134. The minimum atomic E-state index is -0.552. The molecule has 3 rings (SSSR count). The summed E-state index contributed by atoms with van der Waals surface area (Å²) in [5.41, 5.74) is 1.43. The molecule has 0 heterocycles. The number of nitro benzene ring substituents is 1. The standard InChI is InChI=1S/C19H13Cl2NO4/c1-10(23)18-13-4-3-5-14(12(13)6-7-17(18)26-2)19-15(20)8-11(22(24)25)9-16(19)21/h3-9H,1-2H3. The van der Waals surface area contributed by atoms with Crippen molar-refractivity contribution in [1.29, 1.82) is 0 Å². The predicted octanol–water partition coefficient (Wildman–Crippen LogP) is 5.93. The molecule has 0 aliphatic rings. The van der Waals surface area contributed by atoms with Crippen molar-refractivity contribution in [1.82, 2.24) is 0 Å². The van der Waals surface area contributed by atoms with Gasteiger partial charge in [-0.2, -0.15) is 0 Å². The Bertz CT molecular complexity index is 1040. The van der Waals surface area contributed by atoms with Gasteiger partial charge in [0.25, 0.3) is 5.69 Å². The average Bonchev–Trinajstić information content (AvgIpc) is 2.59. The zero-order valence-electron chi connectivity index (χ0n) is 13.9. The van der Waals surface area contributed by atoms with Crippen molar-refractivity contribution >= 4 is 45.4 Å². The molecule has 0 unspecified atom stereocenters. The molecule has 0 aliphatic carbocycles. The Morgan fingerprint density at radius 2 is 1.73 bits per heavy atom. The summed E-state index contributed by atoms with van der Waals surface area (Å²) in [5.74, 6) is 0.341. The number of non-ortho nitro benzene ring substituents is 1. The van der Waals surface area contributed by atoms with Gasteiger partial charge < -0.3 is 4.74 Å². The van der Waals surface area contributed by atoms with Gasteiger partial charge >= 0.3 is 0 Å². The Labute approximate surface area is 159 Å². The number of rotatable bonds is 4. The molecule has 3 aromatic rings. The van der Waals surface area contributed by atoms with E-state index >= 15 is 0 Å². The highest BCUT2D eigenvalue weighted by atomic mass is 35.5. The Hall–Kier alpha value is -2.63. The van der Waals surface area contributed by atoms with E-state index < -0.39 is 4.92 Å². The molecule has 0 aromatic heterocycles. The first-order chi connectivity index (χ1) is 12.3. The van der Waals surface area contributed by atoms with Gasteiger partial charge in [-0.25, -0.2) is 0 Å². The first-order valence-corrected chi connectivity index (χ1v) is 8.35. The number of benzene rings is 3. The van der Waals surface area contributed by atoms with E-state index in [1.807, 2.05) is 12.1 Å². The SMILES string of the molecule is COc1ccc2c(-c3c(Cl)cc([N+](=O)[O-])cc3Cl)cccc2c1C(C)=O. The summed E-state index contributed by atoms with van der Waals surface area (Å²) >= 11 is 12.6. The lowest BCUT2D eigenvalue weighted by molar-refractivity contribution is -0.384. The number of hydrogen-bond donors (Lipinski definition) is 0. The predicted molar refractivity (Wildman–Crippen MR) is 103 cm³/mol. The lowest BCUT2D eigenvalue weighted by atomic mass is 9.93. The van der Waals surface area contributed by atoms with Crippen LogP contribution >= 0.6 is 23.2 Å². The van der Waals surface area contributed by atoms with E-state index in [0.717, 1.165) is 5.39 Å². The van der Waals surface area contributed by atoms with Crippen molar-refractivity contribution in [2.45, 2.75) is 6.92 Å². The van der Waals surface area contributed by atoms with Crippen LogP contribution in [-0.2, 0) is 0 Å². The van der Waals surface area contributed by atoms with Crippen molar-refractivity contribution in [2.75, 3.05) is 7.11 Å². The summed E-state index contributed by atoms with van der Waals surface area (Å²) in [5, 5.41) is 12.8. The third-order valence-corrected chi connectivity index (χ3v) is 4.70. The van der Waals surface area contributed by atoms with Gasteiger partial charge in [-0.1, -0.05) is 47.5 Å². The molecule has 0 fully saturated rings. The summed E-state index contributed by atoms with van der Waals surface area (Å²) in [6.07, 6.45) is 0. The van der Waals surface area contributed by atoms with Crippen molar-refractivity contribution in [2.24, 2.45) is 0 Å².